The average Bonchev–Trinajstić information content (AvgIpc) is 3.30. The van der Waals surface area contributed by atoms with Gasteiger partial charge in [-0.2, -0.15) is 0 Å². The van der Waals surface area contributed by atoms with E-state index in [0.29, 0.717) is 22.3 Å². The summed E-state index contributed by atoms with van der Waals surface area (Å²) in [5.41, 5.74) is 9.26. The highest BCUT2D eigenvalue weighted by atomic mass is 16.7. The Kier molecular flexibility index (Phi) is 7.61. The molecule has 0 aromatic heterocycles. The van der Waals surface area contributed by atoms with Gasteiger partial charge in [-0.05, 0) is 64.8 Å². The average molecular weight is 556 g/mol. The molecule has 0 fully saturated rings. The second kappa shape index (κ2) is 11.2. The van der Waals surface area contributed by atoms with Gasteiger partial charge in [-0.25, -0.2) is 4.79 Å². The lowest BCUT2D eigenvalue weighted by molar-refractivity contribution is -0.140. The predicted octanol–water partition coefficient (Wildman–Crippen LogP) is 8.19. The van der Waals surface area contributed by atoms with Gasteiger partial charge < -0.3 is 4.84 Å². The van der Waals surface area contributed by atoms with E-state index >= 15 is 0 Å². The number of ketones is 2. The molecule has 4 aromatic carbocycles. The van der Waals surface area contributed by atoms with E-state index in [-0.39, 0.29) is 22.7 Å². The highest BCUT2D eigenvalue weighted by molar-refractivity contribution is 6.51. The first-order valence-electron chi connectivity index (χ1n) is 13.9. The molecule has 0 saturated carbocycles. The minimum atomic E-state index is -0.608. The van der Waals surface area contributed by atoms with E-state index in [2.05, 4.69) is 25.9 Å². The Morgan fingerprint density at radius 3 is 1.71 bits per heavy atom. The first-order chi connectivity index (χ1) is 20.0. The van der Waals surface area contributed by atoms with Crippen molar-refractivity contribution in [3.8, 4) is 11.1 Å². The molecular weight excluding hydrogens is 522 g/mol. The summed E-state index contributed by atoms with van der Waals surface area (Å²) in [6.45, 7) is 11.6. The van der Waals surface area contributed by atoms with E-state index in [4.69, 9.17) is 4.84 Å². The van der Waals surface area contributed by atoms with Crippen molar-refractivity contribution in [2.45, 2.75) is 47.0 Å². The monoisotopic (exact) mass is 555 g/mol. The fraction of sp³-hybridized carbons (Fsp3) is 0.189. The Labute approximate surface area is 246 Å². The van der Waals surface area contributed by atoms with Crippen molar-refractivity contribution >= 4 is 28.8 Å². The largest absolute Gasteiger partial charge is 0.332 e. The van der Waals surface area contributed by atoms with E-state index < -0.39 is 5.97 Å². The van der Waals surface area contributed by atoms with Crippen LogP contribution in [0.4, 0.5) is 0 Å². The molecule has 0 heterocycles. The van der Waals surface area contributed by atoms with Gasteiger partial charge >= 0.3 is 5.97 Å². The summed E-state index contributed by atoms with van der Waals surface area (Å²) >= 11 is 0. The molecule has 5 nitrogen and oxygen atoms in total. The van der Waals surface area contributed by atoms with Crippen molar-refractivity contribution < 1.29 is 19.2 Å². The molecule has 0 N–H and O–H groups in total. The van der Waals surface area contributed by atoms with Crippen LogP contribution >= 0.6 is 0 Å². The normalized spacial score (nSPS) is 12.4. The molecule has 0 aliphatic heterocycles. The summed E-state index contributed by atoms with van der Waals surface area (Å²) in [6, 6.07) is 28.2. The molecule has 0 radical (unpaired) electrons. The SMILES string of the molecule is CC(=O)O/N=C(\C(=O)c1ccc2c(c1)C(=C(C)C)c1cc(C(=O)c3ccccc3)ccc1-2)c1ccc(C(C)(C)C)cc1. The summed E-state index contributed by atoms with van der Waals surface area (Å²) in [5, 5.41) is 3.98. The molecule has 5 rings (SSSR count). The molecular formula is C37H33NO4. The molecule has 0 amide bonds. The van der Waals surface area contributed by atoms with Crippen LogP contribution in [0.2, 0.25) is 0 Å². The molecule has 4 aromatic rings. The Morgan fingerprint density at radius 1 is 0.619 bits per heavy atom. The number of hydrogen-bond donors (Lipinski definition) is 0. The van der Waals surface area contributed by atoms with E-state index in [1.165, 1.54) is 6.92 Å². The van der Waals surface area contributed by atoms with Gasteiger partial charge in [-0.3, -0.25) is 9.59 Å². The topological polar surface area (TPSA) is 72.8 Å². The van der Waals surface area contributed by atoms with Gasteiger partial charge in [-0.15, -0.1) is 0 Å². The van der Waals surface area contributed by atoms with Crippen LogP contribution in [0.15, 0.2) is 102 Å². The standard InChI is InChI=1S/C37H33NO4/c1-22(2)33-31-20-26(35(40)25-10-8-7-9-11-25)14-18-29(31)30-19-15-27(21-32(30)33)36(41)34(38-42-23(3)39)24-12-16-28(17-13-24)37(4,5)6/h7-21H,1-6H3/b38-34-. The number of allylic oxidation sites excluding steroid dienone is 1. The Morgan fingerprint density at radius 2 is 1.17 bits per heavy atom. The number of carbonyl (C=O) groups excluding carboxylic acids is 3. The minimum absolute atomic E-state index is 0.0397. The predicted molar refractivity (Wildman–Crippen MR) is 167 cm³/mol. The number of nitrogens with zero attached hydrogens (tertiary/aromatic N) is 1. The second-order valence-corrected chi connectivity index (χ2v) is 11.8. The summed E-state index contributed by atoms with van der Waals surface area (Å²) in [6.07, 6.45) is 0. The zero-order chi connectivity index (χ0) is 30.2. The molecule has 1 aliphatic carbocycles. The van der Waals surface area contributed by atoms with Crippen LogP contribution in [0.3, 0.4) is 0 Å². The van der Waals surface area contributed by atoms with Crippen LogP contribution in [0.1, 0.15) is 90.1 Å². The van der Waals surface area contributed by atoms with Crippen LogP contribution in [0, 0.1) is 0 Å². The summed E-state index contributed by atoms with van der Waals surface area (Å²) < 4.78 is 0. The third-order valence-corrected chi connectivity index (χ3v) is 7.43. The lowest BCUT2D eigenvalue weighted by atomic mass is 9.86. The molecule has 1 aliphatic rings. The fourth-order valence-electron chi connectivity index (χ4n) is 5.29. The van der Waals surface area contributed by atoms with Gasteiger partial charge in [0.2, 0.25) is 5.78 Å². The Hall–Kier alpha value is -4.90. The van der Waals surface area contributed by atoms with E-state index in [1.807, 2.05) is 98.8 Å². The van der Waals surface area contributed by atoms with Crippen molar-refractivity contribution in [1.82, 2.24) is 0 Å². The number of carbonyl (C=O) groups is 3. The van der Waals surface area contributed by atoms with Gasteiger partial charge in [0, 0.05) is 29.2 Å². The quantitative estimate of drug-likeness (QED) is 0.0916. The maximum Gasteiger partial charge on any atom is 0.332 e. The molecule has 210 valence electrons. The van der Waals surface area contributed by atoms with Gasteiger partial charge in [-0.1, -0.05) is 110 Å². The van der Waals surface area contributed by atoms with Crippen molar-refractivity contribution in [2.24, 2.45) is 5.16 Å². The first kappa shape index (κ1) is 28.6. The summed E-state index contributed by atoms with van der Waals surface area (Å²) in [4.78, 5) is 43.7. The Bertz CT molecular complexity index is 1780. The molecule has 5 heteroatoms. The zero-order valence-corrected chi connectivity index (χ0v) is 24.7. The van der Waals surface area contributed by atoms with E-state index in [9.17, 15) is 14.4 Å². The van der Waals surface area contributed by atoms with Gasteiger partial charge in [0.25, 0.3) is 0 Å². The maximum absolute atomic E-state index is 13.9. The van der Waals surface area contributed by atoms with Crippen LogP contribution in [-0.2, 0) is 15.0 Å². The summed E-state index contributed by atoms with van der Waals surface area (Å²) in [5.74, 6) is -1.00. The minimum Gasteiger partial charge on any atom is -0.318 e. The molecule has 0 unspecified atom stereocenters. The first-order valence-corrected chi connectivity index (χ1v) is 13.9. The third-order valence-electron chi connectivity index (χ3n) is 7.43. The molecule has 0 atom stereocenters. The van der Waals surface area contributed by atoms with E-state index in [1.54, 1.807) is 6.07 Å². The number of fused-ring (bicyclic) bond motifs is 3. The van der Waals surface area contributed by atoms with Crippen molar-refractivity contribution in [3.63, 3.8) is 0 Å². The highest BCUT2D eigenvalue weighted by Crippen LogP contribution is 2.46. The van der Waals surface area contributed by atoms with Crippen molar-refractivity contribution in [2.75, 3.05) is 0 Å². The molecule has 0 saturated heterocycles. The zero-order valence-electron chi connectivity index (χ0n) is 24.7. The lowest BCUT2D eigenvalue weighted by Gasteiger charge is -2.19. The summed E-state index contributed by atoms with van der Waals surface area (Å²) in [7, 11) is 0. The molecule has 0 bridgehead atoms. The van der Waals surface area contributed by atoms with Gasteiger partial charge in [0.15, 0.2) is 11.5 Å². The number of hydrogen-bond acceptors (Lipinski definition) is 5. The molecule has 42 heavy (non-hydrogen) atoms. The second-order valence-electron chi connectivity index (χ2n) is 11.8. The van der Waals surface area contributed by atoms with E-state index in [0.717, 1.165) is 39.0 Å². The number of Topliss-reactive ketones (excluding diaryl/α,β-unsaturated/α-hetero) is 1. The van der Waals surface area contributed by atoms with Gasteiger partial charge in [0.1, 0.15) is 0 Å². The van der Waals surface area contributed by atoms with Crippen LogP contribution in [0.5, 0.6) is 0 Å². The maximum atomic E-state index is 13.9. The lowest BCUT2D eigenvalue weighted by Crippen LogP contribution is -2.18. The highest BCUT2D eigenvalue weighted by Gasteiger charge is 2.28. The van der Waals surface area contributed by atoms with Crippen LogP contribution in [0.25, 0.3) is 16.7 Å². The number of rotatable bonds is 6. The van der Waals surface area contributed by atoms with Crippen molar-refractivity contribution in [1.29, 1.82) is 0 Å². The smallest absolute Gasteiger partial charge is 0.318 e. The number of oxime groups is 1. The van der Waals surface area contributed by atoms with Crippen molar-refractivity contribution in [3.05, 3.63) is 136 Å². The van der Waals surface area contributed by atoms with Gasteiger partial charge in [0.05, 0.1) is 0 Å². The fourth-order valence-corrected chi connectivity index (χ4v) is 5.29. The van der Waals surface area contributed by atoms with Crippen LogP contribution < -0.4 is 0 Å². The Balaban J connectivity index is 1.55. The van der Waals surface area contributed by atoms with Crippen LogP contribution in [-0.4, -0.2) is 23.2 Å². The third kappa shape index (κ3) is 5.51. The number of benzene rings is 4. The molecule has 0 spiro atoms.